The van der Waals surface area contributed by atoms with Crippen molar-refractivity contribution in [1.82, 2.24) is 4.98 Å². The molecule has 2 aromatic carbocycles. The number of rotatable bonds is 4. The van der Waals surface area contributed by atoms with Crippen LogP contribution in [-0.4, -0.2) is 17.9 Å². The number of hydrogen-bond acceptors (Lipinski definition) is 2. The smallest absolute Gasteiger partial charge is 0.313 e. The molecule has 0 unspecified atom stereocenters. The highest BCUT2D eigenvalue weighted by Crippen LogP contribution is 2.40. The minimum atomic E-state index is -5.06. The Kier molecular flexibility index (Phi) is 6.91. The fourth-order valence-corrected chi connectivity index (χ4v) is 3.68. The van der Waals surface area contributed by atoms with E-state index in [4.69, 9.17) is 11.6 Å². The zero-order chi connectivity index (χ0) is 26.3. The summed E-state index contributed by atoms with van der Waals surface area (Å²) in [7, 11) is 1.31. The van der Waals surface area contributed by atoms with Gasteiger partial charge in [-0.15, -0.1) is 0 Å². The molecule has 1 amide bonds. The third kappa shape index (κ3) is 5.58. The molecule has 3 rings (SSSR count). The number of alkyl halides is 6. The number of carbonyl (C=O) groups excluding carboxylic acids is 1. The Morgan fingerprint density at radius 1 is 0.857 bits per heavy atom. The van der Waals surface area contributed by atoms with Gasteiger partial charge in [-0.05, 0) is 61.4 Å². The monoisotopic (exact) mass is 518 g/mol. The molecule has 1 aromatic heterocycles. The first-order chi connectivity index (χ1) is 16.0. The van der Waals surface area contributed by atoms with Crippen LogP contribution < -0.4 is 4.90 Å². The van der Waals surface area contributed by atoms with E-state index in [1.807, 2.05) is 0 Å². The van der Waals surface area contributed by atoms with Gasteiger partial charge in [0.25, 0.3) is 0 Å². The molecular weight excluding hydrogens is 501 g/mol. The number of likely N-dealkylation sites (N-methyl/N-ethyl adjacent to an activating group) is 1. The van der Waals surface area contributed by atoms with E-state index in [1.165, 1.54) is 57.4 Å². The summed E-state index contributed by atoms with van der Waals surface area (Å²) in [5, 5.41) is 0.0564. The van der Waals surface area contributed by atoms with Gasteiger partial charge in [-0.2, -0.15) is 26.3 Å². The Hall–Kier alpha value is -3.14. The summed E-state index contributed by atoms with van der Waals surface area (Å²) in [6.45, 7) is 2.45. The van der Waals surface area contributed by atoms with Crippen molar-refractivity contribution in [1.29, 1.82) is 0 Å². The third-order valence-corrected chi connectivity index (χ3v) is 5.72. The molecule has 186 valence electrons. The third-order valence-electron chi connectivity index (χ3n) is 5.51. The molecule has 0 fully saturated rings. The van der Waals surface area contributed by atoms with Crippen molar-refractivity contribution in [3.8, 4) is 11.1 Å². The Morgan fingerprint density at radius 3 is 1.83 bits per heavy atom. The molecule has 0 atom stereocenters. The second-order valence-electron chi connectivity index (χ2n) is 8.31. The van der Waals surface area contributed by atoms with E-state index < -0.39 is 46.2 Å². The molecule has 3 nitrogen and oxygen atoms in total. The molecule has 0 aliphatic rings. The van der Waals surface area contributed by atoms with Gasteiger partial charge in [-0.25, -0.2) is 9.37 Å². The first kappa shape index (κ1) is 26.5. The van der Waals surface area contributed by atoms with E-state index in [0.29, 0.717) is 23.3 Å². The van der Waals surface area contributed by atoms with Crippen LogP contribution in [0.1, 0.15) is 30.5 Å². The van der Waals surface area contributed by atoms with Gasteiger partial charge in [0.1, 0.15) is 11.0 Å². The molecular formula is C24H18ClF7N2O. The average Bonchev–Trinajstić information content (AvgIpc) is 2.77. The van der Waals surface area contributed by atoms with Crippen molar-refractivity contribution in [3.63, 3.8) is 0 Å². The van der Waals surface area contributed by atoms with Crippen molar-refractivity contribution < 1.29 is 35.5 Å². The Bertz CT molecular complexity index is 1220. The van der Waals surface area contributed by atoms with Crippen molar-refractivity contribution in [2.45, 2.75) is 31.6 Å². The number of benzene rings is 2. The second-order valence-corrected chi connectivity index (χ2v) is 8.70. The van der Waals surface area contributed by atoms with Crippen molar-refractivity contribution in [2.24, 2.45) is 0 Å². The van der Waals surface area contributed by atoms with E-state index in [1.54, 1.807) is 0 Å². The van der Waals surface area contributed by atoms with E-state index in [9.17, 15) is 35.5 Å². The summed E-state index contributed by atoms with van der Waals surface area (Å²) >= 11 is 5.99. The Labute approximate surface area is 201 Å². The van der Waals surface area contributed by atoms with E-state index in [-0.39, 0.29) is 16.9 Å². The van der Waals surface area contributed by atoms with Crippen LogP contribution in [0.15, 0.2) is 54.7 Å². The summed E-state index contributed by atoms with van der Waals surface area (Å²) in [6.07, 6.45) is -8.88. The molecule has 3 aromatic rings. The Balaban J connectivity index is 2.11. The normalized spacial score (nSPS) is 12.5. The van der Waals surface area contributed by atoms with Crippen LogP contribution in [0, 0.1) is 5.82 Å². The summed E-state index contributed by atoms with van der Waals surface area (Å²) in [6, 6.07) is 7.69. The van der Waals surface area contributed by atoms with Crippen molar-refractivity contribution in [2.75, 3.05) is 11.9 Å². The number of hydrogen-bond donors (Lipinski definition) is 0. The first-order valence-corrected chi connectivity index (χ1v) is 10.4. The van der Waals surface area contributed by atoms with Crippen LogP contribution in [0.25, 0.3) is 11.1 Å². The largest absolute Gasteiger partial charge is 0.416 e. The van der Waals surface area contributed by atoms with Gasteiger partial charge in [-0.1, -0.05) is 23.7 Å². The summed E-state index contributed by atoms with van der Waals surface area (Å²) in [4.78, 5) is 18.5. The number of pyridine rings is 1. The molecule has 0 saturated carbocycles. The average molecular weight is 519 g/mol. The van der Waals surface area contributed by atoms with Crippen LogP contribution in [0.4, 0.5) is 36.4 Å². The lowest BCUT2D eigenvalue weighted by Gasteiger charge is -2.31. The topological polar surface area (TPSA) is 33.2 Å². The lowest BCUT2D eigenvalue weighted by Crippen LogP contribution is -2.42. The molecule has 35 heavy (non-hydrogen) atoms. The van der Waals surface area contributed by atoms with Gasteiger partial charge in [0.2, 0.25) is 5.91 Å². The molecule has 0 N–H and O–H groups in total. The highest BCUT2D eigenvalue weighted by molar-refractivity contribution is 6.29. The van der Waals surface area contributed by atoms with Crippen molar-refractivity contribution in [3.05, 3.63) is 82.4 Å². The fraction of sp³-hybridized carbons (Fsp3) is 0.250. The number of amides is 1. The number of carbonyl (C=O) groups is 1. The fourth-order valence-electron chi connectivity index (χ4n) is 3.52. The van der Waals surface area contributed by atoms with E-state index in [2.05, 4.69) is 4.98 Å². The van der Waals surface area contributed by atoms with Gasteiger partial charge < -0.3 is 4.90 Å². The van der Waals surface area contributed by atoms with Crippen LogP contribution >= 0.6 is 11.6 Å². The number of anilines is 1. The number of aromatic nitrogens is 1. The zero-order valence-electron chi connectivity index (χ0n) is 18.5. The predicted molar refractivity (Wildman–Crippen MR) is 118 cm³/mol. The SMILES string of the molecule is CN(C(=O)C(C)(C)c1cc(C(F)(F)F)cc(C(F)(F)F)c1)c1cnc(Cl)cc1-c1ccc(F)cc1. The summed E-state index contributed by atoms with van der Waals surface area (Å²) in [5.41, 5.74) is -4.34. The van der Waals surface area contributed by atoms with Crippen molar-refractivity contribution >= 4 is 23.2 Å². The van der Waals surface area contributed by atoms with Gasteiger partial charge in [0, 0.05) is 12.6 Å². The maximum absolute atomic E-state index is 13.5. The van der Waals surface area contributed by atoms with Gasteiger partial charge in [0.15, 0.2) is 0 Å². The lowest BCUT2D eigenvalue weighted by molar-refractivity contribution is -0.143. The van der Waals surface area contributed by atoms with Crippen LogP contribution in [0.5, 0.6) is 0 Å². The predicted octanol–water partition coefficient (Wildman–Crippen LogP) is 7.52. The molecule has 0 aliphatic heterocycles. The maximum atomic E-state index is 13.5. The standard InChI is InChI=1S/C24H18ClF7N2O/c1-22(2,14-8-15(23(27,28)29)10-16(9-14)24(30,31)32)21(35)34(3)19-12-33-20(25)11-18(19)13-4-6-17(26)7-5-13/h4-12H,1-3H3. The maximum Gasteiger partial charge on any atom is 0.416 e. The molecule has 0 radical (unpaired) electrons. The Morgan fingerprint density at radius 2 is 1.34 bits per heavy atom. The van der Waals surface area contributed by atoms with Crippen LogP contribution in [0.3, 0.4) is 0 Å². The minimum Gasteiger partial charge on any atom is -0.313 e. The van der Waals surface area contributed by atoms with Crippen LogP contribution in [0.2, 0.25) is 5.15 Å². The molecule has 0 aliphatic carbocycles. The molecule has 0 saturated heterocycles. The summed E-state index contributed by atoms with van der Waals surface area (Å²) in [5.74, 6) is -1.32. The first-order valence-electron chi connectivity index (χ1n) is 10.0. The zero-order valence-corrected chi connectivity index (χ0v) is 19.3. The minimum absolute atomic E-state index is 0.00350. The lowest BCUT2D eigenvalue weighted by atomic mass is 9.81. The second kappa shape index (κ2) is 9.14. The molecule has 1 heterocycles. The molecule has 0 spiro atoms. The summed E-state index contributed by atoms with van der Waals surface area (Å²) < 4.78 is 93.5. The van der Waals surface area contributed by atoms with Gasteiger partial charge in [0.05, 0.1) is 28.4 Å². The van der Waals surface area contributed by atoms with E-state index in [0.717, 1.165) is 4.90 Å². The van der Waals surface area contributed by atoms with E-state index >= 15 is 0 Å². The number of nitrogens with zero attached hydrogens (tertiary/aromatic N) is 2. The molecule has 11 heteroatoms. The van der Waals surface area contributed by atoms with Gasteiger partial charge in [-0.3, -0.25) is 4.79 Å². The molecule has 0 bridgehead atoms. The quantitative estimate of drug-likeness (QED) is 0.264. The highest BCUT2D eigenvalue weighted by atomic mass is 35.5. The van der Waals surface area contributed by atoms with Gasteiger partial charge >= 0.3 is 12.4 Å². The number of halogens is 8. The highest BCUT2D eigenvalue weighted by Gasteiger charge is 2.41. The van der Waals surface area contributed by atoms with Crippen LogP contribution in [-0.2, 0) is 22.6 Å².